The van der Waals surface area contributed by atoms with E-state index >= 15 is 0 Å². The third-order valence-electron chi connectivity index (χ3n) is 5.48. The fourth-order valence-electron chi connectivity index (χ4n) is 4.15. The summed E-state index contributed by atoms with van der Waals surface area (Å²) in [6, 6.07) is 6.10. The zero-order valence-corrected chi connectivity index (χ0v) is 15.0. The van der Waals surface area contributed by atoms with E-state index in [4.69, 9.17) is 9.72 Å². The van der Waals surface area contributed by atoms with Gasteiger partial charge in [-0.15, -0.1) is 0 Å². The van der Waals surface area contributed by atoms with E-state index in [1.807, 2.05) is 18.3 Å². The van der Waals surface area contributed by atoms with Crippen LogP contribution in [0.3, 0.4) is 0 Å². The van der Waals surface area contributed by atoms with E-state index in [2.05, 4.69) is 23.7 Å². The van der Waals surface area contributed by atoms with Crippen LogP contribution in [-0.4, -0.2) is 28.0 Å². The zero-order valence-electron chi connectivity index (χ0n) is 15.0. The lowest BCUT2D eigenvalue weighted by atomic mass is 9.98. The van der Waals surface area contributed by atoms with Crippen LogP contribution in [0.1, 0.15) is 61.3 Å². The van der Waals surface area contributed by atoms with E-state index in [0.29, 0.717) is 35.9 Å². The molecule has 2 aliphatic heterocycles. The molecule has 4 nitrogen and oxygen atoms in total. The minimum absolute atomic E-state index is 0.249. The maximum atomic E-state index is 14.6. The van der Waals surface area contributed by atoms with E-state index < -0.39 is 0 Å². The van der Waals surface area contributed by atoms with Crippen molar-refractivity contribution in [3.63, 3.8) is 0 Å². The summed E-state index contributed by atoms with van der Waals surface area (Å²) in [4.78, 5) is 11.8. The quantitative estimate of drug-likeness (QED) is 0.842. The Labute approximate surface area is 148 Å². The molecular weight excluding hydrogens is 317 g/mol. The lowest BCUT2D eigenvalue weighted by molar-refractivity contribution is 0.163. The van der Waals surface area contributed by atoms with Crippen molar-refractivity contribution in [2.75, 3.05) is 7.11 Å². The second-order valence-corrected chi connectivity index (χ2v) is 7.34. The largest absolute Gasteiger partial charge is 0.494 e. The van der Waals surface area contributed by atoms with E-state index in [9.17, 15) is 4.39 Å². The van der Waals surface area contributed by atoms with Crippen LogP contribution < -0.4 is 4.74 Å². The second kappa shape index (κ2) is 6.37. The average molecular weight is 341 g/mol. The van der Waals surface area contributed by atoms with Crippen molar-refractivity contribution in [1.82, 2.24) is 14.9 Å². The van der Waals surface area contributed by atoms with Crippen LogP contribution in [0.2, 0.25) is 0 Å². The van der Waals surface area contributed by atoms with Gasteiger partial charge in [-0.05, 0) is 18.9 Å². The molecule has 2 bridgehead atoms. The fraction of sp³-hybridized carbons (Fsp3) is 0.500. The number of ether oxygens (including phenoxy) is 1. The zero-order chi connectivity index (χ0) is 17.6. The maximum absolute atomic E-state index is 14.6. The first-order valence-electron chi connectivity index (χ1n) is 9.01. The van der Waals surface area contributed by atoms with E-state index in [-0.39, 0.29) is 5.82 Å². The molecule has 0 amide bonds. The number of rotatable bonds is 4. The summed E-state index contributed by atoms with van der Waals surface area (Å²) in [7, 11) is 1.51. The number of hydrogen-bond acceptors (Lipinski definition) is 4. The van der Waals surface area contributed by atoms with Gasteiger partial charge in [-0.2, -0.15) is 0 Å². The highest BCUT2D eigenvalue weighted by molar-refractivity contribution is 5.33. The predicted molar refractivity (Wildman–Crippen MR) is 94.1 cm³/mol. The van der Waals surface area contributed by atoms with Crippen LogP contribution in [0.5, 0.6) is 5.75 Å². The molecule has 0 radical (unpaired) electrons. The molecule has 4 rings (SSSR count). The maximum Gasteiger partial charge on any atom is 0.169 e. The van der Waals surface area contributed by atoms with E-state index in [0.717, 1.165) is 25.1 Å². The SMILES string of the molecule is COc1cccc(CN2[C@H]3CC[C@H]2c2cnc(C(C)C)nc2C3)c1F. The molecule has 132 valence electrons. The Bertz CT molecular complexity index is 793. The molecule has 1 aromatic heterocycles. The van der Waals surface area contributed by atoms with Gasteiger partial charge in [0.05, 0.1) is 12.8 Å². The molecule has 5 heteroatoms. The topological polar surface area (TPSA) is 38.2 Å². The molecule has 3 heterocycles. The normalized spacial score (nSPS) is 22.3. The van der Waals surface area contributed by atoms with E-state index in [1.54, 1.807) is 6.07 Å². The summed E-state index contributed by atoms with van der Waals surface area (Å²) in [6.45, 7) is 4.85. The number of nitrogens with zero attached hydrogens (tertiary/aromatic N) is 3. The smallest absolute Gasteiger partial charge is 0.169 e. The van der Waals surface area contributed by atoms with Gasteiger partial charge in [0.2, 0.25) is 0 Å². The average Bonchev–Trinajstić information content (AvgIpc) is 2.88. The molecule has 2 aliphatic rings. The van der Waals surface area contributed by atoms with Gasteiger partial charge in [-0.3, -0.25) is 4.90 Å². The fourth-order valence-corrected chi connectivity index (χ4v) is 4.15. The Balaban J connectivity index is 1.63. The van der Waals surface area contributed by atoms with Crippen molar-refractivity contribution in [1.29, 1.82) is 0 Å². The molecule has 1 saturated heterocycles. The molecular formula is C20H24FN3O. The number of methoxy groups -OCH3 is 1. The first-order valence-corrected chi connectivity index (χ1v) is 9.01. The second-order valence-electron chi connectivity index (χ2n) is 7.34. The Hall–Kier alpha value is -2.01. The minimum atomic E-state index is -0.249. The van der Waals surface area contributed by atoms with Crippen LogP contribution in [0, 0.1) is 5.82 Å². The predicted octanol–water partition coefficient (Wildman–Crippen LogP) is 4.01. The highest BCUT2D eigenvalue weighted by Gasteiger charge is 2.41. The summed E-state index contributed by atoms with van der Waals surface area (Å²) in [5.74, 6) is 1.33. The number of aromatic nitrogens is 2. The molecule has 2 atom stereocenters. The molecule has 0 N–H and O–H groups in total. The van der Waals surface area contributed by atoms with Gasteiger partial charge in [0.25, 0.3) is 0 Å². The van der Waals surface area contributed by atoms with Crippen molar-refractivity contribution in [2.24, 2.45) is 0 Å². The number of hydrogen-bond donors (Lipinski definition) is 0. The van der Waals surface area contributed by atoms with Crippen molar-refractivity contribution < 1.29 is 9.13 Å². The Kier molecular flexibility index (Phi) is 4.20. The van der Waals surface area contributed by atoms with Crippen molar-refractivity contribution in [3.8, 4) is 5.75 Å². The van der Waals surface area contributed by atoms with Crippen LogP contribution in [-0.2, 0) is 13.0 Å². The van der Waals surface area contributed by atoms with E-state index in [1.165, 1.54) is 18.4 Å². The molecule has 0 spiro atoms. The highest BCUT2D eigenvalue weighted by atomic mass is 19.1. The third kappa shape index (κ3) is 2.80. The summed E-state index contributed by atoms with van der Waals surface area (Å²) < 4.78 is 19.7. The molecule has 0 saturated carbocycles. The Morgan fingerprint density at radius 3 is 2.92 bits per heavy atom. The highest BCUT2D eigenvalue weighted by Crippen LogP contribution is 2.44. The van der Waals surface area contributed by atoms with Gasteiger partial charge >= 0.3 is 0 Å². The minimum Gasteiger partial charge on any atom is -0.494 e. The van der Waals surface area contributed by atoms with Gasteiger partial charge in [-0.1, -0.05) is 26.0 Å². The first kappa shape index (κ1) is 16.5. The summed E-state index contributed by atoms with van der Waals surface area (Å²) in [6.07, 6.45) is 5.15. The molecule has 1 fully saturated rings. The lowest BCUT2D eigenvalue weighted by Gasteiger charge is -2.36. The van der Waals surface area contributed by atoms with Crippen molar-refractivity contribution >= 4 is 0 Å². The summed E-state index contributed by atoms with van der Waals surface area (Å²) in [5.41, 5.74) is 3.11. The van der Waals surface area contributed by atoms with Gasteiger partial charge in [-0.25, -0.2) is 14.4 Å². The van der Waals surface area contributed by atoms with Crippen LogP contribution in [0.25, 0.3) is 0 Å². The number of fused-ring (bicyclic) bond motifs is 4. The summed E-state index contributed by atoms with van der Waals surface area (Å²) in [5, 5.41) is 0. The first-order chi connectivity index (χ1) is 12.1. The number of halogens is 1. The Morgan fingerprint density at radius 1 is 1.32 bits per heavy atom. The van der Waals surface area contributed by atoms with Gasteiger partial charge < -0.3 is 4.74 Å². The van der Waals surface area contributed by atoms with Gasteiger partial charge in [0, 0.05) is 48.3 Å². The molecule has 2 aromatic rings. The number of benzene rings is 1. The molecule has 25 heavy (non-hydrogen) atoms. The van der Waals surface area contributed by atoms with Crippen LogP contribution >= 0.6 is 0 Å². The summed E-state index contributed by atoms with van der Waals surface area (Å²) >= 11 is 0. The van der Waals surface area contributed by atoms with Crippen molar-refractivity contribution in [3.05, 3.63) is 52.9 Å². The van der Waals surface area contributed by atoms with Crippen LogP contribution in [0.4, 0.5) is 4.39 Å². The molecule has 0 aliphatic carbocycles. The lowest BCUT2D eigenvalue weighted by Crippen LogP contribution is -2.38. The van der Waals surface area contributed by atoms with Gasteiger partial charge in [0.1, 0.15) is 5.82 Å². The standard InChI is InChI=1S/C20H24FN3O/c1-12(2)20-22-10-15-16(23-20)9-14-7-8-17(15)24(14)11-13-5-4-6-18(25-3)19(13)21/h4-6,10,12,14,17H,7-9,11H2,1-3H3/t14-,17-/m0/s1. The van der Waals surface area contributed by atoms with Crippen LogP contribution in [0.15, 0.2) is 24.4 Å². The Morgan fingerprint density at radius 2 is 2.16 bits per heavy atom. The molecule has 0 unspecified atom stereocenters. The monoisotopic (exact) mass is 341 g/mol. The van der Waals surface area contributed by atoms with Gasteiger partial charge in [0.15, 0.2) is 11.6 Å². The van der Waals surface area contributed by atoms with Crippen molar-refractivity contribution in [2.45, 2.75) is 57.7 Å². The molecule has 1 aromatic carbocycles. The third-order valence-corrected chi connectivity index (χ3v) is 5.48.